The second kappa shape index (κ2) is 4.72. The molecule has 21 heavy (non-hydrogen) atoms. The van der Waals surface area contributed by atoms with Crippen molar-refractivity contribution < 1.29 is 14.4 Å². The molecule has 0 radical (unpaired) electrons. The molecule has 0 amide bonds. The Hall–Kier alpha value is -2.11. The summed E-state index contributed by atoms with van der Waals surface area (Å²) >= 11 is 0. The molecule has 0 atom stereocenters. The molecule has 0 saturated carbocycles. The van der Waals surface area contributed by atoms with Crippen LogP contribution in [0, 0.1) is 4.91 Å². The molecule has 2 aromatic rings. The number of aryl methyl sites for hydroxylation is 2. The predicted molar refractivity (Wildman–Crippen MR) is 77.8 cm³/mol. The Balaban J connectivity index is 1.99. The Bertz CT molecular complexity index is 762. The van der Waals surface area contributed by atoms with Crippen molar-refractivity contribution in [3.05, 3.63) is 28.2 Å². The predicted octanol–water partition coefficient (Wildman–Crippen LogP) is 0.517. The zero-order valence-electron chi connectivity index (χ0n) is 12.3. The molecule has 1 saturated heterocycles. The highest BCUT2D eigenvalue weighted by molar-refractivity contribution is 5.73. The second-order valence-corrected chi connectivity index (χ2v) is 5.86. The Labute approximate surface area is 122 Å². The van der Waals surface area contributed by atoms with Crippen LogP contribution in [-0.4, -0.2) is 25.0 Å². The molecule has 1 aliphatic carbocycles. The highest BCUT2D eigenvalue weighted by Gasteiger charge is 2.35. The summed E-state index contributed by atoms with van der Waals surface area (Å²) < 4.78 is 1.02. The quantitative estimate of drug-likeness (QED) is 0.757. The molecule has 6 nitrogen and oxygen atoms in total. The zero-order chi connectivity index (χ0) is 14.4. The highest BCUT2D eigenvalue weighted by atomic mass is 16.7. The molecule has 2 aliphatic rings. The van der Waals surface area contributed by atoms with Gasteiger partial charge in [0.05, 0.1) is 0 Å². The first-order valence-corrected chi connectivity index (χ1v) is 7.64. The van der Waals surface area contributed by atoms with E-state index in [0.29, 0.717) is 11.5 Å². The third-order valence-electron chi connectivity index (χ3n) is 4.61. The molecule has 1 N–H and O–H groups in total. The van der Waals surface area contributed by atoms with Crippen LogP contribution in [0.1, 0.15) is 30.4 Å². The third kappa shape index (κ3) is 1.89. The molecule has 1 aromatic heterocycles. The Morgan fingerprint density at radius 3 is 2.57 bits per heavy atom. The summed E-state index contributed by atoms with van der Waals surface area (Å²) in [5.41, 5.74) is 4.11. The summed E-state index contributed by atoms with van der Waals surface area (Å²) in [5, 5.41) is 3.11. The lowest BCUT2D eigenvalue weighted by Gasteiger charge is -2.07. The Morgan fingerprint density at radius 2 is 1.86 bits per heavy atom. The van der Waals surface area contributed by atoms with E-state index in [1.54, 1.807) is 12.0 Å². The summed E-state index contributed by atoms with van der Waals surface area (Å²) in [6.07, 6.45) is 5.57. The number of aromatic nitrogens is 3. The van der Waals surface area contributed by atoms with E-state index in [1.165, 1.54) is 17.5 Å². The molecule has 1 aliphatic heterocycles. The number of nitrogens with zero attached hydrogens (tertiary/aromatic N) is 3. The molecule has 1 fully saturated rings. The molecule has 0 unspecified atom stereocenters. The van der Waals surface area contributed by atoms with Gasteiger partial charge in [-0.05, 0) is 59.0 Å². The van der Waals surface area contributed by atoms with Gasteiger partial charge >= 0.3 is 5.95 Å². The van der Waals surface area contributed by atoms with Crippen LogP contribution in [0.2, 0.25) is 0 Å². The number of hydrogen-bond acceptors (Lipinski definition) is 3. The fraction of sp³-hybridized carbons (Fsp3) is 0.533. The van der Waals surface area contributed by atoms with Crippen molar-refractivity contribution in [1.29, 1.82) is 0 Å². The van der Waals surface area contributed by atoms with E-state index in [4.69, 9.17) is 4.84 Å². The average molecular weight is 288 g/mol. The number of aromatic amines is 1. The van der Waals surface area contributed by atoms with Gasteiger partial charge in [0, 0.05) is 6.07 Å². The molecule has 4 rings (SSSR count). The smallest absolute Gasteiger partial charge is 0.381 e. The average Bonchev–Trinajstić information content (AvgIpc) is 3.17. The number of H-pyrrole nitrogens is 1. The lowest BCUT2D eigenvalue weighted by molar-refractivity contribution is -0.620. The number of benzene rings is 1. The number of hydrogen-bond donors (Lipinski definition) is 0. The van der Waals surface area contributed by atoms with Gasteiger partial charge in [0.15, 0.2) is 5.52 Å². The van der Waals surface area contributed by atoms with Crippen LogP contribution in [0.5, 0.6) is 0 Å². The summed E-state index contributed by atoms with van der Waals surface area (Å²) in [7, 11) is 1.62. The van der Waals surface area contributed by atoms with Gasteiger partial charge in [-0.25, -0.2) is 0 Å². The van der Waals surface area contributed by atoms with Gasteiger partial charge in [-0.15, -0.1) is 0 Å². The van der Waals surface area contributed by atoms with Crippen molar-refractivity contribution in [3.8, 4) is 0 Å². The van der Waals surface area contributed by atoms with Gasteiger partial charge in [0.2, 0.25) is 5.52 Å². The summed E-state index contributed by atoms with van der Waals surface area (Å²) in [6.45, 7) is 1.83. The van der Waals surface area contributed by atoms with Crippen LogP contribution >= 0.6 is 0 Å². The maximum absolute atomic E-state index is 12.8. The maximum atomic E-state index is 12.8. The first kappa shape index (κ1) is 12.6. The Morgan fingerprint density at radius 1 is 1.14 bits per heavy atom. The number of rotatable bonds is 2. The lowest BCUT2D eigenvalue weighted by Crippen LogP contribution is -2.44. The number of nitrogens with one attached hydrogen (secondary N) is 1. The fourth-order valence-corrected chi connectivity index (χ4v) is 3.51. The van der Waals surface area contributed by atoms with Crippen LogP contribution in [-0.2, 0) is 12.8 Å². The van der Waals surface area contributed by atoms with Crippen molar-refractivity contribution in [2.75, 3.05) is 25.1 Å². The standard InChI is InChI=1S/C15H19N4O2/c1-21-19-14-10-12-6-4-5-11(12)9-13(14)18(20)15(16-19)17-7-2-3-8-17/h9-10H,2-8H2,1H3/q+1/p+1. The van der Waals surface area contributed by atoms with Gasteiger partial charge in [-0.1, -0.05) is 5.10 Å². The van der Waals surface area contributed by atoms with Crippen LogP contribution < -0.4 is 19.3 Å². The summed E-state index contributed by atoms with van der Waals surface area (Å²) in [6, 6.07) is 4.12. The SMILES string of the molecule is COn1[nH+]c(N2CCCC2)[n+](=O)c2cc3c(cc21)CCC3. The van der Waals surface area contributed by atoms with Crippen molar-refractivity contribution in [2.45, 2.75) is 32.1 Å². The van der Waals surface area contributed by atoms with E-state index < -0.39 is 0 Å². The van der Waals surface area contributed by atoms with E-state index in [0.717, 1.165) is 48.7 Å². The maximum Gasteiger partial charge on any atom is 0.595 e. The largest absolute Gasteiger partial charge is 0.595 e. The molecule has 0 bridgehead atoms. The van der Waals surface area contributed by atoms with Crippen molar-refractivity contribution >= 4 is 17.0 Å². The number of anilines is 1. The monoisotopic (exact) mass is 288 g/mol. The lowest BCUT2D eigenvalue weighted by atomic mass is 10.1. The van der Waals surface area contributed by atoms with E-state index >= 15 is 0 Å². The van der Waals surface area contributed by atoms with E-state index in [-0.39, 0.29) is 0 Å². The Kier molecular flexibility index (Phi) is 2.83. The summed E-state index contributed by atoms with van der Waals surface area (Å²) in [5.74, 6) is 0.569. The van der Waals surface area contributed by atoms with Gasteiger partial charge in [0.25, 0.3) is 0 Å². The van der Waals surface area contributed by atoms with Crippen LogP contribution in [0.25, 0.3) is 11.0 Å². The van der Waals surface area contributed by atoms with Gasteiger partial charge in [-0.2, -0.15) is 4.90 Å². The fourth-order valence-electron chi connectivity index (χ4n) is 3.51. The normalized spacial score (nSPS) is 17.5. The van der Waals surface area contributed by atoms with Crippen LogP contribution in [0.4, 0.5) is 5.95 Å². The van der Waals surface area contributed by atoms with Gasteiger partial charge in [-0.3, -0.25) is 0 Å². The highest BCUT2D eigenvalue weighted by Crippen LogP contribution is 2.25. The number of fused-ring (bicyclic) bond motifs is 2. The minimum absolute atomic E-state index is 0.569. The van der Waals surface area contributed by atoms with E-state index in [1.807, 2.05) is 6.07 Å². The van der Waals surface area contributed by atoms with Crippen molar-refractivity contribution in [2.24, 2.45) is 0 Å². The van der Waals surface area contributed by atoms with Gasteiger partial charge < -0.3 is 4.84 Å². The minimum atomic E-state index is 0.569. The first-order valence-electron chi connectivity index (χ1n) is 7.64. The first-order chi connectivity index (χ1) is 10.3. The molecule has 6 heteroatoms. The van der Waals surface area contributed by atoms with Gasteiger partial charge in [0.1, 0.15) is 24.6 Å². The molecule has 110 valence electrons. The van der Waals surface area contributed by atoms with Crippen LogP contribution in [0.3, 0.4) is 0 Å². The zero-order valence-corrected chi connectivity index (χ0v) is 12.3. The second-order valence-electron chi connectivity index (χ2n) is 5.86. The third-order valence-corrected chi connectivity index (χ3v) is 4.61. The van der Waals surface area contributed by atoms with E-state index in [9.17, 15) is 4.91 Å². The molecular formula is C15H20N4O2+2. The summed E-state index contributed by atoms with van der Waals surface area (Å²) in [4.78, 5) is 21.9. The van der Waals surface area contributed by atoms with E-state index in [2.05, 4.69) is 16.1 Å². The molecule has 0 spiro atoms. The van der Waals surface area contributed by atoms with Crippen molar-refractivity contribution in [1.82, 2.24) is 4.85 Å². The molecular weight excluding hydrogens is 268 g/mol. The topological polar surface area (TPSA) is 54.5 Å². The van der Waals surface area contributed by atoms with Crippen molar-refractivity contribution in [3.63, 3.8) is 0 Å². The minimum Gasteiger partial charge on any atom is -0.381 e. The van der Waals surface area contributed by atoms with Crippen LogP contribution in [0.15, 0.2) is 12.1 Å². The molecule has 1 aromatic carbocycles. The molecule has 2 heterocycles.